The molecule has 1 aromatic carbocycles. The molecule has 1 atom stereocenters. The molecule has 4 rings (SSSR count). The third-order valence-corrected chi connectivity index (χ3v) is 7.52. The number of ketones is 1. The standard InChI is InChI=1S/C22H20N4O3S2/c1-2-30-18-10-11-31-21(18)19-13(12-23)22(24)25(16-8-5-9-17(27)20(16)19)14-6-3-4-7-15(14)26(28)29/h3-4,6-7,10-11,19H,2,5,8-9,24H2,1H3/t19-/m0/s1. The number of anilines is 1. The highest BCUT2D eigenvalue weighted by Gasteiger charge is 2.42. The lowest BCUT2D eigenvalue weighted by atomic mass is 9.78. The Morgan fingerprint density at radius 1 is 1.35 bits per heavy atom. The van der Waals surface area contributed by atoms with Gasteiger partial charge in [-0.1, -0.05) is 19.1 Å². The van der Waals surface area contributed by atoms with E-state index in [9.17, 15) is 20.2 Å². The number of hydrogen-bond acceptors (Lipinski definition) is 8. The number of nitro benzene ring substituents is 1. The molecule has 9 heteroatoms. The van der Waals surface area contributed by atoms with E-state index in [1.807, 2.05) is 11.4 Å². The summed E-state index contributed by atoms with van der Waals surface area (Å²) < 4.78 is 0. The minimum atomic E-state index is -0.541. The summed E-state index contributed by atoms with van der Waals surface area (Å²) in [6.07, 6.45) is 1.59. The summed E-state index contributed by atoms with van der Waals surface area (Å²) in [6.45, 7) is 2.05. The van der Waals surface area contributed by atoms with Crippen molar-refractivity contribution in [2.24, 2.45) is 5.73 Å². The molecule has 0 radical (unpaired) electrons. The molecule has 0 unspecified atom stereocenters. The van der Waals surface area contributed by atoms with Crippen LogP contribution >= 0.6 is 23.1 Å². The number of rotatable bonds is 5. The van der Waals surface area contributed by atoms with Crippen LogP contribution in [0.1, 0.15) is 37.0 Å². The van der Waals surface area contributed by atoms with E-state index < -0.39 is 10.8 Å². The molecule has 0 fully saturated rings. The number of nitro groups is 1. The fourth-order valence-electron chi connectivity index (χ4n) is 4.23. The van der Waals surface area contributed by atoms with Crippen LogP contribution in [0.3, 0.4) is 0 Å². The van der Waals surface area contributed by atoms with Gasteiger partial charge in [0.15, 0.2) is 5.78 Å². The number of carbonyl (C=O) groups is 1. The number of thioether (sulfide) groups is 1. The van der Waals surface area contributed by atoms with Crippen molar-refractivity contribution in [3.63, 3.8) is 0 Å². The Bertz CT molecular complexity index is 1180. The highest BCUT2D eigenvalue weighted by Crippen LogP contribution is 2.50. The van der Waals surface area contributed by atoms with Crippen LogP contribution in [0, 0.1) is 21.4 Å². The molecule has 158 valence electrons. The van der Waals surface area contributed by atoms with E-state index in [1.165, 1.54) is 17.4 Å². The molecule has 7 nitrogen and oxygen atoms in total. The zero-order valence-electron chi connectivity index (χ0n) is 16.8. The molecule has 1 aromatic heterocycles. The summed E-state index contributed by atoms with van der Waals surface area (Å²) in [5, 5.41) is 23.7. The van der Waals surface area contributed by atoms with Gasteiger partial charge in [-0.2, -0.15) is 5.26 Å². The maximum atomic E-state index is 13.2. The molecule has 0 spiro atoms. The first-order valence-electron chi connectivity index (χ1n) is 9.89. The number of nitrogens with two attached hydrogens (primary N) is 1. The van der Waals surface area contributed by atoms with Gasteiger partial charge in [-0.25, -0.2) is 0 Å². The van der Waals surface area contributed by atoms with Gasteiger partial charge in [0.1, 0.15) is 11.5 Å². The highest BCUT2D eigenvalue weighted by molar-refractivity contribution is 7.99. The topological polar surface area (TPSA) is 113 Å². The summed E-state index contributed by atoms with van der Waals surface area (Å²) >= 11 is 3.17. The summed E-state index contributed by atoms with van der Waals surface area (Å²) in [5.74, 6) is 0.438. The molecule has 2 aromatic rings. The monoisotopic (exact) mass is 452 g/mol. The van der Waals surface area contributed by atoms with Gasteiger partial charge in [-0.15, -0.1) is 23.1 Å². The zero-order chi connectivity index (χ0) is 22.1. The molecule has 2 aliphatic rings. The second-order valence-electron chi connectivity index (χ2n) is 7.14. The minimum Gasteiger partial charge on any atom is -0.384 e. The van der Waals surface area contributed by atoms with Crippen LogP contribution in [0.5, 0.6) is 0 Å². The Morgan fingerprint density at radius 2 is 2.13 bits per heavy atom. The molecule has 0 bridgehead atoms. The molecule has 1 aliphatic carbocycles. The van der Waals surface area contributed by atoms with Crippen molar-refractivity contribution in [3.8, 4) is 6.07 Å². The number of benzene rings is 1. The predicted molar refractivity (Wildman–Crippen MR) is 122 cm³/mol. The van der Waals surface area contributed by atoms with E-state index in [-0.39, 0.29) is 28.6 Å². The molecule has 0 amide bonds. The summed E-state index contributed by atoms with van der Waals surface area (Å²) in [6, 6.07) is 10.5. The first-order chi connectivity index (χ1) is 15.0. The molecule has 0 saturated heterocycles. The third-order valence-electron chi connectivity index (χ3n) is 5.45. The third kappa shape index (κ3) is 3.52. The average Bonchev–Trinajstić information content (AvgIpc) is 3.21. The highest BCUT2D eigenvalue weighted by atomic mass is 32.2. The van der Waals surface area contributed by atoms with Crippen molar-refractivity contribution in [2.75, 3.05) is 10.7 Å². The van der Waals surface area contributed by atoms with Gasteiger partial charge < -0.3 is 5.73 Å². The fraction of sp³-hybridized carbons (Fsp3) is 0.273. The lowest BCUT2D eigenvalue weighted by Crippen LogP contribution is -2.38. The lowest BCUT2D eigenvalue weighted by Gasteiger charge is -2.39. The molecular formula is C22H20N4O3S2. The number of Topliss-reactive ketones (excluding diaryl/α,β-unsaturated/α-hetero) is 1. The molecule has 2 heterocycles. The Balaban J connectivity index is 1.99. The number of thiophene rings is 1. The first kappa shape index (κ1) is 21.2. The van der Waals surface area contributed by atoms with Crippen molar-refractivity contribution < 1.29 is 9.72 Å². The van der Waals surface area contributed by atoms with Gasteiger partial charge in [-0.05, 0) is 36.1 Å². The van der Waals surface area contributed by atoms with Crippen molar-refractivity contribution >= 4 is 40.3 Å². The molecule has 0 saturated carbocycles. The predicted octanol–water partition coefficient (Wildman–Crippen LogP) is 5.07. The number of carbonyl (C=O) groups excluding carboxylic acids is 1. The fourth-order valence-corrected chi connectivity index (χ4v) is 6.28. The molecular weight excluding hydrogens is 432 g/mol. The number of nitriles is 1. The quantitative estimate of drug-likeness (QED) is 0.382. The van der Waals surface area contributed by atoms with Gasteiger partial charge in [0.25, 0.3) is 5.69 Å². The van der Waals surface area contributed by atoms with Crippen LogP contribution in [-0.2, 0) is 4.79 Å². The Hall–Kier alpha value is -3.09. The normalized spacial score (nSPS) is 18.8. The van der Waals surface area contributed by atoms with E-state index in [0.29, 0.717) is 30.5 Å². The lowest BCUT2D eigenvalue weighted by molar-refractivity contribution is -0.384. The number of allylic oxidation sites excluding steroid dienone is 3. The second kappa shape index (κ2) is 8.57. The van der Waals surface area contributed by atoms with Crippen LogP contribution in [0.2, 0.25) is 0 Å². The van der Waals surface area contributed by atoms with Crippen molar-refractivity contribution in [1.82, 2.24) is 0 Å². The van der Waals surface area contributed by atoms with E-state index in [1.54, 1.807) is 34.9 Å². The first-order valence-corrected chi connectivity index (χ1v) is 11.8. The van der Waals surface area contributed by atoms with Crippen LogP contribution in [-0.4, -0.2) is 16.5 Å². The smallest absolute Gasteiger partial charge is 0.293 e. The van der Waals surface area contributed by atoms with Gasteiger partial charge in [-0.3, -0.25) is 19.8 Å². The van der Waals surface area contributed by atoms with Gasteiger partial charge >= 0.3 is 0 Å². The molecule has 2 N–H and O–H groups in total. The Kier molecular flexibility index (Phi) is 5.85. The van der Waals surface area contributed by atoms with Crippen LogP contribution < -0.4 is 10.6 Å². The summed E-state index contributed by atoms with van der Waals surface area (Å²) in [4.78, 5) is 27.9. The number of nitrogens with zero attached hydrogens (tertiary/aromatic N) is 3. The van der Waals surface area contributed by atoms with Gasteiger partial charge in [0.2, 0.25) is 0 Å². The zero-order valence-corrected chi connectivity index (χ0v) is 18.5. The average molecular weight is 453 g/mol. The molecule has 31 heavy (non-hydrogen) atoms. The minimum absolute atomic E-state index is 0.0315. The largest absolute Gasteiger partial charge is 0.384 e. The maximum Gasteiger partial charge on any atom is 0.293 e. The Morgan fingerprint density at radius 3 is 2.84 bits per heavy atom. The summed E-state index contributed by atoms with van der Waals surface area (Å²) in [7, 11) is 0. The van der Waals surface area contributed by atoms with Crippen LogP contribution in [0.15, 0.2) is 63.3 Å². The van der Waals surface area contributed by atoms with Crippen LogP contribution in [0.25, 0.3) is 0 Å². The second-order valence-corrected chi connectivity index (χ2v) is 9.40. The van der Waals surface area contributed by atoms with Gasteiger partial charge in [0, 0.05) is 33.5 Å². The molecule has 1 aliphatic heterocycles. The Labute approximate surface area is 188 Å². The maximum absolute atomic E-state index is 13.2. The van der Waals surface area contributed by atoms with Gasteiger partial charge in [0.05, 0.1) is 22.5 Å². The summed E-state index contributed by atoms with van der Waals surface area (Å²) in [5.41, 5.74) is 8.13. The van der Waals surface area contributed by atoms with Crippen molar-refractivity contribution in [2.45, 2.75) is 37.0 Å². The van der Waals surface area contributed by atoms with E-state index in [0.717, 1.165) is 15.5 Å². The van der Waals surface area contributed by atoms with Crippen molar-refractivity contribution in [1.29, 1.82) is 5.26 Å². The number of para-hydroxylation sites is 2. The van der Waals surface area contributed by atoms with E-state index in [4.69, 9.17) is 5.73 Å². The van der Waals surface area contributed by atoms with Crippen LogP contribution in [0.4, 0.5) is 11.4 Å². The number of hydrogen-bond donors (Lipinski definition) is 1. The van der Waals surface area contributed by atoms with Crippen molar-refractivity contribution in [3.05, 3.63) is 73.4 Å². The van der Waals surface area contributed by atoms with E-state index >= 15 is 0 Å². The SMILES string of the molecule is CCSc1ccsc1[C@H]1C(C#N)=C(N)N(c2ccccc2[N+](=O)[O-])C2=C1C(=O)CCC2. The van der Waals surface area contributed by atoms with E-state index in [2.05, 4.69) is 13.0 Å².